The molecule has 0 spiro atoms. The molecule has 0 saturated carbocycles. The van der Waals surface area contributed by atoms with Crippen molar-refractivity contribution in [1.29, 1.82) is 0 Å². The van der Waals surface area contributed by atoms with Crippen LogP contribution in [-0.2, 0) is 0 Å². The van der Waals surface area contributed by atoms with E-state index in [1.807, 2.05) is 6.08 Å². The van der Waals surface area contributed by atoms with E-state index in [4.69, 9.17) is 5.73 Å². The average Bonchev–Trinajstić information content (AvgIpc) is 2.70. The molecule has 0 aliphatic heterocycles. The average molecular weight is 194 g/mol. The zero-order valence-electron chi connectivity index (χ0n) is 8.45. The van der Waals surface area contributed by atoms with Crippen molar-refractivity contribution in [1.82, 2.24) is 15.4 Å². The van der Waals surface area contributed by atoms with Crippen molar-refractivity contribution >= 4 is 0 Å². The monoisotopic (exact) mass is 194 g/mol. The molecule has 1 heterocycles. The van der Waals surface area contributed by atoms with Gasteiger partial charge in [-0.3, -0.25) is 0 Å². The van der Waals surface area contributed by atoms with Gasteiger partial charge in [0.1, 0.15) is 0 Å². The molecule has 0 bridgehead atoms. The lowest BCUT2D eigenvalue weighted by atomic mass is 10.1. The van der Waals surface area contributed by atoms with Crippen LogP contribution in [-0.4, -0.2) is 15.4 Å². The highest BCUT2D eigenvalue weighted by molar-refractivity contribution is 4.97. The summed E-state index contributed by atoms with van der Waals surface area (Å²) in [4.78, 5) is 0. The van der Waals surface area contributed by atoms with Crippen LogP contribution in [0.5, 0.6) is 0 Å². The Balaban J connectivity index is 2.10. The number of nitrogens with two attached hydrogens (primary N) is 1. The summed E-state index contributed by atoms with van der Waals surface area (Å²) >= 11 is 0. The van der Waals surface area contributed by atoms with Gasteiger partial charge < -0.3 is 5.73 Å². The molecule has 78 valence electrons. The Morgan fingerprint density at radius 3 is 3.00 bits per heavy atom. The fourth-order valence-electron chi connectivity index (χ4n) is 1.37. The van der Waals surface area contributed by atoms with Gasteiger partial charge in [-0.05, 0) is 19.3 Å². The van der Waals surface area contributed by atoms with E-state index in [1.54, 1.807) is 6.20 Å². The quantitative estimate of drug-likeness (QED) is 0.515. The zero-order valence-corrected chi connectivity index (χ0v) is 8.45. The number of allylic oxidation sites excluding steroid dienone is 1. The second-order valence-electron chi connectivity index (χ2n) is 3.43. The molecule has 1 rings (SSSR count). The number of aromatic nitrogens is 3. The highest BCUT2D eigenvalue weighted by atomic mass is 15.3. The van der Waals surface area contributed by atoms with Crippen molar-refractivity contribution in [3.05, 3.63) is 24.5 Å². The first-order valence-corrected chi connectivity index (χ1v) is 5.06. The Labute approximate surface area is 84.6 Å². The third-order valence-corrected chi connectivity index (χ3v) is 2.24. The predicted molar refractivity (Wildman–Crippen MR) is 56.6 cm³/mol. The maximum absolute atomic E-state index is 5.91. The van der Waals surface area contributed by atoms with Crippen LogP contribution in [0, 0.1) is 0 Å². The van der Waals surface area contributed by atoms with Crippen LogP contribution in [0.4, 0.5) is 0 Å². The van der Waals surface area contributed by atoms with Crippen LogP contribution in [0.25, 0.3) is 0 Å². The number of rotatable bonds is 7. The molecule has 1 aromatic rings. The minimum Gasteiger partial charge on any atom is -0.323 e. The molecule has 0 fully saturated rings. The number of unbranched alkanes of at least 4 members (excludes halogenated alkanes) is 3. The molecular weight excluding hydrogens is 176 g/mol. The third-order valence-electron chi connectivity index (χ3n) is 2.24. The second-order valence-corrected chi connectivity index (χ2v) is 3.43. The number of nitrogens with zero attached hydrogens (tertiary/aromatic N) is 2. The van der Waals surface area contributed by atoms with Crippen molar-refractivity contribution in [3.8, 4) is 0 Å². The van der Waals surface area contributed by atoms with Crippen molar-refractivity contribution in [3.63, 3.8) is 0 Å². The standard InChI is InChI=1S/C10H18N4/c1-2-3-4-5-6-7-9(11)10-8-12-14-13-10/h2,8-9H,1,3-7,11H2,(H,12,13,14). The Hall–Kier alpha value is -1.16. The predicted octanol–water partition coefficient (Wildman–Crippen LogP) is 1.94. The van der Waals surface area contributed by atoms with E-state index in [9.17, 15) is 0 Å². The zero-order chi connectivity index (χ0) is 10.2. The molecule has 4 nitrogen and oxygen atoms in total. The summed E-state index contributed by atoms with van der Waals surface area (Å²) in [5, 5.41) is 10.3. The first-order valence-electron chi connectivity index (χ1n) is 5.06. The summed E-state index contributed by atoms with van der Waals surface area (Å²) in [5.74, 6) is 0. The van der Waals surface area contributed by atoms with Gasteiger partial charge in [0.15, 0.2) is 0 Å². The molecule has 1 unspecified atom stereocenters. The molecule has 4 heteroatoms. The van der Waals surface area contributed by atoms with Crippen LogP contribution >= 0.6 is 0 Å². The fourth-order valence-corrected chi connectivity index (χ4v) is 1.37. The maximum Gasteiger partial charge on any atom is 0.0991 e. The summed E-state index contributed by atoms with van der Waals surface area (Å²) in [6, 6.07) is 0.0254. The van der Waals surface area contributed by atoms with Gasteiger partial charge in [0.05, 0.1) is 17.9 Å². The second kappa shape index (κ2) is 6.32. The smallest absolute Gasteiger partial charge is 0.0991 e. The number of hydrogen-bond acceptors (Lipinski definition) is 3. The summed E-state index contributed by atoms with van der Waals surface area (Å²) < 4.78 is 0. The van der Waals surface area contributed by atoms with Gasteiger partial charge in [-0.1, -0.05) is 18.9 Å². The first kappa shape index (κ1) is 10.9. The first-order chi connectivity index (χ1) is 6.84. The van der Waals surface area contributed by atoms with Gasteiger partial charge in [-0.25, -0.2) is 0 Å². The largest absolute Gasteiger partial charge is 0.323 e. The van der Waals surface area contributed by atoms with E-state index in [-0.39, 0.29) is 6.04 Å². The summed E-state index contributed by atoms with van der Waals surface area (Å²) in [5.41, 5.74) is 6.77. The van der Waals surface area contributed by atoms with E-state index in [1.165, 1.54) is 12.8 Å². The highest BCUT2D eigenvalue weighted by Crippen LogP contribution is 2.14. The van der Waals surface area contributed by atoms with E-state index in [0.717, 1.165) is 25.0 Å². The Bertz CT molecular complexity index is 243. The molecule has 0 aliphatic carbocycles. The minimum absolute atomic E-state index is 0.0254. The van der Waals surface area contributed by atoms with Crippen LogP contribution in [0.15, 0.2) is 18.9 Å². The fraction of sp³-hybridized carbons (Fsp3) is 0.600. The lowest BCUT2D eigenvalue weighted by Gasteiger charge is -2.06. The summed E-state index contributed by atoms with van der Waals surface area (Å²) in [7, 11) is 0. The van der Waals surface area contributed by atoms with Gasteiger partial charge >= 0.3 is 0 Å². The molecule has 1 aromatic heterocycles. The maximum atomic E-state index is 5.91. The highest BCUT2D eigenvalue weighted by Gasteiger charge is 2.07. The van der Waals surface area contributed by atoms with E-state index in [2.05, 4.69) is 22.0 Å². The molecule has 0 aromatic carbocycles. The molecular formula is C10H18N4. The van der Waals surface area contributed by atoms with Crippen LogP contribution in [0.3, 0.4) is 0 Å². The molecule has 0 radical (unpaired) electrons. The van der Waals surface area contributed by atoms with Gasteiger partial charge in [-0.2, -0.15) is 15.4 Å². The number of aromatic amines is 1. The van der Waals surface area contributed by atoms with Crippen molar-refractivity contribution in [2.24, 2.45) is 5.73 Å². The lowest BCUT2D eigenvalue weighted by Crippen LogP contribution is -2.10. The van der Waals surface area contributed by atoms with Gasteiger partial charge in [0.25, 0.3) is 0 Å². The summed E-state index contributed by atoms with van der Waals surface area (Å²) in [6.45, 7) is 3.69. The number of hydrogen-bond donors (Lipinski definition) is 2. The Morgan fingerprint density at radius 2 is 2.36 bits per heavy atom. The third kappa shape index (κ3) is 3.70. The Morgan fingerprint density at radius 1 is 1.50 bits per heavy atom. The van der Waals surface area contributed by atoms with Crippen LogP contribution in [0.2, 0.25) is 0 Å². The molecule has 3 N–H and O–H groups in total. The van der Waals surface area contributed by atoms with Gasteiger partial charge in [-0.15, -0.1) is 6.58 Å². The number of H-pyrrole nitrogens is 1. The topological polar surface area (TPSA) is 67.6 Å². The van der Waals surface area contributed by atoms with Crippen molar-refractivity contribution in [2.45, 2.75) is 38.1 Å². The van der Waals surface area contributed by atoms with Gasteiger partial charge in [0.2, 0.25) is 0 Å². The molecule has 0 aliphatic rings. The number of nitrogens with one attached hydrogen (secondary N) is 1. The molecule has 14 heavy (non-hydrogen) atoms. The van der Waals surface area contributed by atoms with E-state index >= 15 is 0 Å². The van der Waals surface area contributed by atoms with Gasteiger partial charge in [0, 0.05) is 0 Å². The van der Waals surface area contributed by atoms with E-state index < -0.39 is 0 Å². The lowest BCUT2D eigenvalue weighted by molar-refractivity contribution is 0.562. The van der Waals surface area contributed by atoms with Crippen molar-refractivity contribution < 1.29 is 0 Å². The van der Waals surface area contributed by atoms with E-state index in [0.29, 0.717) is 0 Å². The normalized spacial score (nSPS) is 12.6. The van der Waals surface area contributed by atoms with Crippen LogP contribution in [0.1, 0.15) is 43.8 Å². The summed E-state index contributed by atoms with van der Waals surface area (Å²) in [6.07, 6.45) is 9.27. The molecule has 0 saturated heterocycles. The van der Waals surface area contributed by atoms with Crippen molar-refractivity contribution in [2.75, 3.05) is 0 Å². The molecule has 1 atom stereocenters. The SMILES string of the molecule is C=CCCCCCC(N)c1cn[nH]n1. The molecule has 0 amide bonds. The minimum atomic E-state index is 0.0254. The van der Waals surface area contributed by atoms with Crippen LogP contribution < -0.4 is 5.73 Å². The Kier molecular flexibility index (Phi) is 4.93.